The molecule has 136 valence electrons. The van der Waals surface area contributed by atoms with Crippen LogP contribution in [0.15, 0.2) is 23.6 Å². The molecule has 0 N–H and O–H groups in total. The molecule has 1 unspecified atom stereocenters. The van der Waals surface area contributed by atoms with Gasteiger partial charge in [0, 0.05) is 30.5 Å². The van der Waals surface area contributed by atoms with Crippen molar-refractivity contribution in [2.45, 2.75) is 24.9 Å². The first-order chi connectivity index (χ1) is 12.3. The van der Waals surface area contributed by atoms with Crippen molar-refractivity contribution in [3.8, 4) is 6.07 Å². The minimum atomic E-state index is -4.48. The zero-order chi connectivity index (χ0) is 18.9. The summed E-state index contributed by atoms with van der Waals surface area (Å²) in [6, 6.07) is 6.09. The molecular weight excluding hydrogens is 369 g/mol. The topological polar surface area (TPSA) is 83.1 Å². The second-order valence-corrected chi connectivity index (χ2v) is 6.82. The standard InChI is InChI=1S/C16H13F3N4O2S/c17-16(18,19)14-9-26-15(21-14)11-2-1-5-22(8-11)12-4-3-10(7-20)6-13(12)23(24)25/h3-4,6,9,11H,1-2,5,8H2. The minimum absolute atomic E-state index is 0.181. The fraction of sp³-hybridized carbons (Fsp3) is 0.375. The van der Waals surface area contributed by atoms with E-state index in [4.69, 9.17) is 5.26 Å². The molecule has 0 bridgehead atoms. The molecule has 10 heteroatoms. The lowest BCUT2D eigenvalue weighted by Gasteiger charge is -2.33. The van der Waals surface area contributed by atoms with Gasteiger partial charge in [-0.15, -0.1) is 11.3 Å². The maximum atomic E-state index is 12.8. The lowest BCUT2D eigenvalue weighted by atomic mass is 9.97. The van der Waals surface area contributed by atoms with E-state index in [1.165, 1.54) is 18.2 Å². The van der Waals surface area contributed by atoms with Crippen LogP contribution in [-0.2, 0) is 6.18 Å². The van der Waals surface area contributed by atoms with Crippen LogP contribution in [0.1, 0.15) is 35.0 Å². The Morgan fingerprint density at radius 1 is 1.42 bits per heavy atom. The zero-order valence-corrected chi connectivity index (χ0v) is 14.2. The first-order valence-corrected chi connectivity index (χ1v) is 8.63. The Bertz CT molecular complexity index is 875. The zero-order valence-electron chi connectivity index (χ0n) is 13.4. The molecule has 6 nitrogen and oxygen atoms in total. The summed E-state index contributed by atoms with van der Waals surface area (Å²) in [6.45, 7) is 0.901. The van der Waals surface area contributed by atoms with Gasteiger partial charge in [0.2, 0.25) is 0 Å². The Morgan fingerprint density at radius 3 is 2.81 bits per heavy atom. The van der Waals surface area contributed by atoms with Crippen LogP contribution in [0.25, 0.3) is 0 Å². The summed E-state index contributed by atoms with van der Waals surface area (Å²) in [6.07, 6.45) is -3.12. The van der Waals surface area contributed by atoms with Gasteiger partial charge >= 0.3 is 6.18 Å². The molecule has 0 aliphatic carbocycles. The molecule has 1 aromatic heterocycles. The predicted octanol–water partition coefficient (Wildman–Crippen LogP) is 4.33. The second kappa shape index (κ2) is 6.92. The summed E-state index contributed by atoms with van der Waals surface area (Å²) in [4.78, 5) is 16.3. The van der Waals surface area contributed by atoms with Crippen molar-refractivity contribution in [3.05, 3.63) is 50.0 Å². The summed E-state index contributed by atoms with van der Waals surface area (Å²) >= 11 is 0.962. The summed E-state index contributed by atoms with van der Waals surface area (Å²) in [5.41, 5.74) is -0.533. The molecular formula is C16H13F3N4O2S. The predicted molar refractivity (Wildman–Crippen MR) is 89.1 cm³/mol. The third-order valence-electron chi connectivity index (χ3n) is 4.22. The maximum absolute atomic E-state index is 12.8. The van der Waals surface area contributed by atoms with E-state index in [1.54, 1.807) is 4.90 Å². The number of nitriles is 1. The van der Waals surface area contributed by atoms with Crippen molar-refractivity contribution in [2.75, 3.05) is 18.0 Å². The first kappa shape index (κ1) is 18.1. The van der Waals surface area contributed by atoms with E-state index in [1.807, 2.05) is 6.07 Å². The van der Waals surface area contributed by atoms with Gasteiger partial charge in [-0.25, -0.2) is 4.98 Å². The van der Waals surface area contributed by atoms with Gasteiger partial charge in [-0.1, -0.05) is 0 Å². The largest absolute Gasteiger partial charge is 0.434 e. The smallest absolute Gasteiger partial charge is 0.365 e. The van der Waals surface area contributed by atoms with Gasteiger partial charge in [0.05, 0.1) is 21.6 Å². The Hall–Kier alpha value is -2.67. The van der Waals surface area contributed by atoms with Crippen LogP contribution in [0.5, 0.6) is 0 Å². The van der Waals surface area contributed by atoms with Crippen LogP contribution < -0.4 is 4.90 Å². The SMILES string of the molecule is N#Cc1ccc(N2CCCC(c3nc(C(F)(F)F)cs3)C2)c([N+](=O)[O-])c1. The van der Waals surface area contributed by atoms with Crippen molar-refractivity contribution in [2.24, 2.45) is 0 Å². The average Bonchev–Trinajstić information content (AvgIpc) is 3.12. The van der Waals surface area contributed by atoms with Crippen LogP contribution in [0, 0.1) is 21.4 Å². The normalized spacial score (nSPS) is 17.8. The average molecular weight is 382 g/mol. The number of benzene rings is 1. The highest BCUT2D eigenvalue weighted by Crippen LogP contribution is 2.38. The number of piperidine rings is 1. The number of hydrogen-bond acceptors (Lipinski definition) is 6. The number of nitro benzene ring substituents is 1. The van der Waals surface area contributed by atoms with Gasteiger partial charge in [0.1, 0.15) is 5.69 Å². The molecule has 1 aliphatic heterocycles. The van der Waals surface area contributed by atoms with Crippen LogP contribution in [0.3, 0.4) is 0 Å². The molecule has 0 amide bonds. The molecule has 1 fully saturated rings. The highest BCUT2D eigenvalue weighted by Gasteiger charge is 2.35. The van der Waals surface area contributed by atoms with Crippen molar-refractivity contribution in [3.63, 3.8) is 0 Å². The highest BCUT2D eigenvalue weighted by atomic mass is 32.1. The quantitative estimate of drug-likeness (QED) is 0.583. The molecule has 1 atom stereocenters. The monoisotopic (exact) mass is 382 g/mol. The maximum Gasteiger partial charge on any atom is 0.434 e. The molecule has 3 rings (SSSR count). The molecule has 0 spiro atoms. The van der Waals surface area contributed by atoms with E-state index in [2.05, 4.69) is 4.98 Å². The van der Waals surface area contributed by atoms with Crippen LogP contribution in [0.2, 0.25) is 0 Å². The molecule has 2 aromatic rings. The van der Waals surface area contributed by atoms with Crippen molar-refractivity contribution < 1.29 is 18.1 Å². The van der Waals surface area contributed by atoms with Crippen molar-refractivity contribution in [1.82, 2.24) is 4.98 Å². The molecule has 0 saturated carbocycles. The Labute approximate surface area is 150 Å². The number of aromatic nitrogens is 1. The van der Waals surface area contributed by atoms with E-state index in [0.717, 1.165) is 16.7 Å². The fourth-order valence-electron chi connectivity index (χ4n) is 3.01. The van der Waals surface area contributed by atoms with Crippen LogP contribution in [-0.4, -0.2) is 23.0 Å². The Balaban J connectivity index is 1.86. The summed E-state index contributed by atoms with van der Waals surface area (Å²) in [5, 5.41) is 21.6. The lowest BCUT2D eigenvalue weighted by molar-refractivity contribution is -0.384. The van der Waals surface area contributed by atoms with Gasteiger partial charge in [0.15, 0.2) is 5.69 Å². The molecule has 1 aliphatic rings. The van der Waals surface area contributed by atoms with Gasteiger partial charge in [-0.2, -0.15) is 18.4 Å². The highest BCUT2D eigenvalue weighted by molar-refractivity contribution is 7.09. The number of halogens is 3. The summed E-state index contributed by atoms with van der Waals surface area (Å²) in [5.74, 6) is -0.222. The number of nitro groups is 1. The minimum Gasteiger partial charge on any atom is -0.365 e. The molecule has 1 aromatic carbocycles. The van der Waals surface area contributed by atoms with Crippen LogP contribution in [0.4, 0.5) is 24.5 Å². The summed E-state index contributed by atoms with van der Waals surface area (Å²) in [7, 11) is 0. The molecule has 1 saturated heterocycles. The van der Waals surface area contributed by atoms with Gasteiger partial charge in [-0.05, 0) is 25.0 Å². The van der Waals surface area contributed by atoms with E-state index in [0.29, 0.717) is 36.6 Å². The lowest BCUT2D eigenvalue weighted by Crippen LogP contribution is -2.34. The van der Waals surface area contributed by atoms with E-state index < -0.39 is 16.8 Å². The third-order valence-corrected chi connectivity index (χ3v) is 5.23. The van der Waals surface area contributed by atoms with Gasteiger partial charge in [-0.3, -0.25) is 10.1 Å². The van der Waals surface area contributed by atoms with Crippen molar-refractivity contribution >= 4 is 22.7 Å². The van der Waals surface area contributed by atoms with E-state index in [9.17, 15) is 23.3 Å². The second-order valence-electron chi connectivity index (χ2n) is 5.93. The van der Waals surface area contributed by atoms with Crippen LogP contribution >= 0.6 is 11.3 Å². The molecule has 2 heterocycles. The summed E-state index contributed by atoms with van der Waals surface area (Å²) < 4.78 is 38.3. The molecule has 0 radical (unpaired) electrons. The number of thiazole rings is 1. The van der Waals surface area contributed by atoms with E-state index in [-0.39, 0.29) is 17.2 Å². The number of nitrogens with zero attached hydrogens (tertiary/aromatic N) is 4. The number of anilines is 1. The first-order valence-electron chi connectivity index (χ1n) is 7.75. The van der Waals surface area contributed by atoms with Gasteiger partial charge < -0.3 is 4.90 Å². The number of hydrogen-bond donors (Lipinski definition) is 0. The fourth-order valence-corrected chi connectivity index (χ4v) is 3.96. The number of alkyl halides is 3. The van der Waals surface area contributed by atoms with E-state index >= 15 is 0 Å². The number of rotatable bonds is 3. The van der Waals surface area contributed by atoms with Gasteiger partial charge in [0.25, 0.3) is 5.69 Å². The van der Waals surface area contributed by atoms with Crippen molar-refractivity contribution in [1.29, 1.82) is 5.26 Å². The third kappa shape index (κ3) is 3.62. The molecule has 26 heavy (non-hydrogen) atoms. The Morgan fingerprint density at radius 2 is 2.19 bits per heavy atom. The Kier molecular flexibility index (Phi) is 4.82.